The molecule has 1 saturated carbocycles. The van der Waals surface area contributed by atoms with Crippen LogP contribution in [-0.4, -0.2) is 6.54 Å². The molecule has 0 heterocycles. The molecule has 0 aliphatic heterocycles. The van der Waals surface area contributed by atoms with Crippen molar-refractivity contribution >= 4 is 11.6 Å². The first-order valence-corrected chi connectivity index (χ1v) is 8.02. The van der Waals surface area contributed by atoms with Gasteiger partial charge < -0.3 is 5.32 Å². The van der Waals surface area contributed by atoms with Crippen LogP contribution in [-0.2, 0) is 6.54 Å². The van der Waals surface area contributed by atoms with Gasteiger partial charge >= 0.3 is 0 Å². The molecule has 2 heteroatoms. The second-order valence-electron chi connectivity index (χ2n) is 6.02. The molecule has 0 spiro atoms. The van der Waals surface area contributed by atoms with E-state index in [2.05, 4.69) is 31.3 Å². The molecule has 1 N–H and O–H groups in total. The number of aryl methyl sites for hydroxylation is 1. The first kappa shape index (κ1) is 14.9. The smallest absolute Gasteiger partial charge is 0.0453 e. The molecule has 1 nitrogen and oxygen atoms in total. The first-order chi connectivity index (χ1) is 9.19. The quantitative estimate of drug-likeness (QED) is 0.804. The van der Waals surface area contributed by atoms with Crippen molar-refractivity contribution in [3.63, 3.8) is 0 Å². The summed E-state index contributed by atoms with van der Waals surface area (Å²) in [5.41, 5.74) is 2.45. The van der Waals surface area contributed by atoms with E-state index in [1.807, 2.05) is 6.07 Å². The van der Waals surface area contributed by atoms with Gasteiger partial charge in [-0.2, -0.15) is 0 Å². The van der Waals surface area contributed by atoms with Crippen molar-refractivity contribution in [2.75, 3.05) is 6.54 Å². The van der Waals surface area contributed by atoms with Gasteiger partial charge in [0, 0.05) is 11.6 Å². The molecule has 0 aromatic heterocycles. The Morgan fingerprint density at radius 3 is 2.47 bits per heavy atom. The summed E-state index contributed by atoms with van der Waals surface area (Å²) in [5.74, 6) is 1.86. The summed E-state index contributed by atoms with van der Waals surface area (Å²) < 4.78 is 0. The van der Waals surface area contributed by atoms with Gasteiger partial charge in [-0.15, -0.1) is 0 Å². The van der Waals surface area contributed by atoms with E-state index in [0.29, 0.717) is 0 Å². The van der Waals surface area contributed by atoms with Gasteiger partial charge in [0.2, 0.25) is 0 Å². The average molecular weight is 280 g/mol. The van der Waals surface area contributed by atoms with Gasteiger partial charge in [0.05, 0.1) is 0 Å². The lowest BCUT2D eigenvalue weighted by Gasteiger charge is -2.28. The van der Waals surface area contributed by atoms with Crippen molar-refractivity contribution in [3.8, 4) is 0 Å². The molecule has 0 bridgehead atoms. The molecule has 2 rings (SSSR count). The van der Waals surface area contributed by atoms with E-state index < -0.39 is 0 Å². The van der Waals surface area contributed by atoms with Crippen molar-refractivity contribution in [3.05, 3.63) is 34.3 Å². The number of halogens is 1. The lowest BCUT2D eigenvalue weighted by molar-refractivity contribution is 0.262. The normalized spacial score (nSPS) is 23.5. The Morgan fingerprint density at radius 1 is 1.16 bits per heavy atom. The van der Waals surface area contributed by atoms with Crippen molar-refractivity contribution in [1.82, 2.24) is 5.32 Å². The van der Waals surface area contributed by atoms with Crippen LogP contribution in [0.25, 0.3) is 0 Å². The highest BCUT2D eigenvalue weighted by Gasteiger charge is 2.19. The van der Waals surface area contributed by atoms with Gasteiger partial charge in [0.1, 0.15) is 0 Å². The summed E-state index contributed by atoms with van der Waals surface area (Å²) in [6, 6.07) is 6.32. The van der Waals surface area contributed by atoms with Crippen LogP contribution in [0.2, 0.25) is 5.02 Å². The van der Waals surface area contributed by atoms with Crippen LogP contribution in [0, 0.1) is 18.8 Å². The molecule has 1 aliphatic rings. The Bertz CT molecular complexity index is 394. The van der Waals surface area contributed by atoms with Crippen LogP contribution in [0.4, 0.5) is 0 Å². The predicted molar refractivity (Wildman–Crippen MR) is 83.6 cm³/mol. The number of hydrogen-bond acceptors (Lipinski definition) is 1. The molecule has 0 amide bonds. The molecular weight excluding hydrogens is 254 g/mol. The molecule has 1 aromatic carbocycles. The Hall–Kier alpha value is -0.530. The third-order valence-corrected chi connectivity index (χ3v) is 4.85. The maximum absolute atomic E-state index is 6.25. The summed E-state index contributed by atoms with van der Waals surface area (Å²) in [6.45, 7) is 6.44. The van der Waals surface area contributed by atoms with Crippen LogP contribution >= 0.6 is 11.6 Å². The Kier molecular flexibility index (Phi) is 5.72. The van der Waals surface area contributed by atoms with E-state index in [-0.39, 0.29) is 0 Å². The molecule has 0 radical (unpaired) electrons. The van der Waals surface area contributed by atoms with E-state index in [4.69, 9.17) is 11.6 Å². The number of rotatable bonds is 5. The van der Waals surface area contributed by atoms with Gasteiger partial charge in [-0.25, -0.2) is 0 Å². The number of hydrogen-bond donors (Lipinski definition) is 1. The zero-order chi connectivity index (χ0) is 13.7. The minimum atomic E-state index is 0.868. The summed E-state index contributed by atoms with van der Waals surface area (Å²) in [5, 5.41) is 4.47. The molecule has 106 valence electrons. The topological polar surface area (TPSA) is 12.0 Å². The van der Waals surface area contributed by atoms with E-state index in [0.717, 1.165) is 29.9 Å². The van der Waals surface area contributed by atoms with Gasteiger partial charge in [0.25, 0.3) is 0 Å². The van der Waals surface area contributed by atoms with E-state index in [9.17, 15) is 0 Å². The van der Waals surface area contributed by atoms with Crippen LogP contribution in [0.15, 0.2) is 18.2 Å². The lowest BCUT2D eigenvalue weighted by atomic mass is 9.81. The largest absolute Gasteiger partial charge is 0.312 e. The minimum absolute atomic E-state index is 0.868. The molecule has 0 saturated heterocycles. The minimum Gasteiger partial charge on any atom is -0.312 e. The highest BCUT2D eigenvalue weighted by Crippen LogP contribution is 2.30. The van der Waals surface area contributed by atoms with E-state index in [1.165, 1.54) is 43.2 Å². The summed E-state index contributed by atoms with van der Waals surface area (Å²) in [4.78, 5) is 0. The lowest BCUT2D eigenvalue weighted by Crippen LogP contribution is -2.26. The van der Waals surface area contributed by atoms with Crippen LogP contribution < -0.4 is 5.32 Å². The van der Waals surface area contributed by atoms with Gasteiger partial charge in [-0.05, 0) is 55.3 Å². The molecule has 1 aliphatic carbocycles. The van der Waals surface area contributed by atoms with Crippen molar-refractivity contribution in [2.24, 2.45) is 11.8 Å². The van der Waals surface area contributed by atoms with Crippen molar-refractivity contribution in [1.29, 1.82) is 0 Å². The maximum Gasteiger partial charge on any atom is 0.0453 e. The van der Waals surface area contributed by atoms with E-state index in [1.54, 1.807) is 0 Å². The van der Waals surface area contributed by atoms with E-state index >= 15 is 0 Å². The highest BCUT2D eigenvalue weighted by molar-refractivity contribution is 6.31. The fourth-order valence-electron chi connectivity index (χ4n) is 3.05. The third kappa shape index (κ3) is 4.50. The number of nitrogens with one attached hydrogen (secondary N) is 1. The molecule has 19 heavy (non-hydrogen) atoms. The molecule has 0 atom stereocenters. The number of benzene rings is 1. The summed E-state index contributed by atoms with van der Waals surface area (Å²) >= 11 is 6.25. The fraction of sp³-hybridized carbons (Fsp3) is 0.647. The highest BCUT2D eigenvalue weighted by atomic mass is 35.5. The Labute approximate surface area is 122 Å². The van der Waals surface area contributed by atoms with Gasteiger partial charge in [-0.1, -0.05) is 49.9 Å². The molecular formula is C17H26ClN. The Balaban J connectivity index is 1.72. The molecule has 0 unspecified atom stereocenters. The van der Waals surface area contributed by atoms with Crippen LogP contribution in [0.3, 0.4) is 0 Å². The molecule has 1 fully saturated rings. The van der Waals surface area contributed by atoms with Crippen LogP contribution in [0.5, 0.6) is 0 Å². The monoisotopic (exact) mass is 279 g/mol. The second-order valence-corrected chi connectivity index (χ2v) is 6.43. The van der Waals surface area contributed by atoms with Gasteiger partial charge in [0.15, 0.2) is 0 Å². The zero-order valence-electron chi connectivity index (χ0n) is 12.2. The second kappa shape index (κ2) is 7.31. The SMILES string of the molecule is CCC1CCC(CNCc2ccc(C)cc2Cl)CC1. The predicted octanol–water partition coefficient (Wildman–Crippen LogP) is 4.95. The summed E-state index contributed by atoms with van der Waals surface area (Å²) in [7, 11) is 0. The maximum atomic E-state index is 6.25. The fourth-order valence-corrected chi connectivity index (χ4v) is 3.35. The molecule has 1 aromatic rings. The zero-order valence-corrected chi connectivity index (χ0v) is 13.0. The van der Waals surface area contributed by atoms with Crippen LogP contribution in [0.1, 0.15) is 50.2 Å². The summed E-state index contributed by atoms with van der Waals surface area (Å²) in [6.07, 6.45) is 7.00. The van der Waals surface area contributed by atoms with Crippen molar-refractivity contribution in [2.45, 2.75) is 52.5 Å². The Morgan fingerprint density at radius 2 is 1.84 bits per heavy atom. The third-order valence-electron chi connectivity index (χ3n) is 4.50. The standard InChI is InChI=1S/C17H26ClN/c1-3-14-5-7-15(8-6-14)11-19-12-16-9-4-13(2)10-17(16)18/h4,9-10,14-15,19H,3,5-8,11-12H2,1-2H3. The van der Waals surface area contributed by atoms with Crippen molar-refractivity contribution < 1.29 is 0 Å². The first-order valence-electron chi connectivity index (χ1n) is 7.64. The van der Waals surface area contributed by atoms with Gasteiger partial charge in [-0.3, -0.25) is 0 Å². The average Bonchev–Trinajstić information content (AvgIpc) is 2.42.